The van der Waals surface area contributed by atoms with E-state index in [0.717, 1.165) is 0 Å². The standard InChI is InChI=1S/C18H17N3O4S/c1-12(22)19-18(23)21-20-15-11-17(13-7-3-2-4-8-13)26(24,25)16-10-6-5-9-14(15)16/h2-10,17H,11H2,1H3,(H2,19,21,22,23)/b20-15+. The Hall–Kier alpha value is -3.00. The van der Waals surface area contributed by atoms with E-state index in [1.807, 2.05) is 6.07 Å². The summed E-state index contributed by atoms with van der Waals surface area (Å²) < 4.78 is 26.1. The average molecular weight is 371 g/mol. The molecule has 8 heteroatoms. The van der Waals surface area contributed by atoms with E-state index >= 15 is 0 Å². The van der Waals surface area contributed by atoms with Gasteiger partial charge in [0.25, 0.3) is 0 Å². The van der Waals surface area contributed by atoms with E-state index < -0.39 is 27.0 Å². The van der Waals surface area contributed by atoms with Gasteiger partial charge >= 0.3 is 6.03 Å². The Bertz CT molecular complexity index is 985. The Kier molecular flexibility index (Phi) is 4.85. The summed E-state index contributed by atoms with van der Waals surface area (Å²) in [5.74, 6) is -0.517. The molecule has 3 rings (SSSR count). The first-order valence-corrected chi connectivity index (χ1v) is 9.46. The fraction of sp³-hybridized carbons (Fsp3) is 0.167. The van der Waals surface area contributed by atoms with Crippen LogP contribution in [-0.4, -0.2) is 26.1 Å². The molecular weight excluding hydrogens is 354 g/mol. The second-order valence-electron chi connectivity index (χ2n) is 5.83. The van der Waals surface area contributed by atoms with Gasteiger partial charge in [0.2, 0.25) is 5.91 Å². The first-order chi connectivity index (χ1) is 12.4. The molecule has 1 heterocycles. The summed E-state index contributed by atoms with van der Waals surface area (Å²) in [6, 6.07) is 14.7. The van der Waals surface area contributed by atoms with Crippen molar-refractivity contribution in [2.45, 2.75) is 23.5 Å². The maximum atomic E-state index is 13.0. The monoisotopic (exact) mass is 371 g/mol. The summed E-state index contributed by atoms with van der Waals surface area (Å²) in [7, 11) is -3.59. The van der Waals surface area contributed by atoms with Gasteiger partial charge in [0.15, 0.2) is 9.84 Å². The van der Waals surface area contributed by atoms with Gasteiger partial charge in [-0.15, -0.1) is 0 Å². The van der Waals surface area contributed by atoms with Gasteiger partial charge in [0, 0.05) is 18.9 Å². The Labute approximate surface area is 151 Å². The highest BCUT2D eigenvalue weighted by Gasteiger charge is 2.37. The zero-order chi connectivity index (χ0) is 18.7. The summed E-state index contributed by atoms with van der Waals surface area (Å²) in [4.78, 5) is 22.7. The summed E-state index contributed by atoms with van der Waals surface area (Å²) in [6.07, 6.45) is 0.115. The number of nitrogens with zero attached hydrogens (tertiary/aromatic N) is 1. The molecule has 2 N–H and O–H groups in total. The van der Waals surface area contributed by atoms with Crippen LogP contribution in [0.3, 0.4) is 0 Å². The number of hydrogen-bond acceptors (Lipinski definition) is 5. The van der Waals surface area contributed by atoms with Crippen LogP contribution in [0.4, 0.5) is 4.79 Å². The van der Waals surface area contributed by atoms with E-state index in [-0.39, 0.29) is 11.3 Å². The van der Waals surface area contributed by atoms with Gasteiger partial charge in [-0.25, -0.2) is 18.6 Å². The zero-order valence-electron chi connectivity index (χ0n) is 14.0. The first kappa shape index (κ1) is 17.8. The largest absolute Gasteiger partial charge is 0.341 e. The number of urea groups is 1. The van der Waals surface area contributed by atoms with Gasteiger partial charge in [0.1, 0.15) is 0 Å². The van der Waals surface area contributed by atoms with Crippen molar-refractivity contribution >= 4 is 27.5 Å². The Morgan fingerprint density at radius 3 is 2.38 bits per heavy atom. The molecular formula is C18H17N3O4S. The number of amides is 3. The highest BCUT2D eigenvalue weighted by molar-refractivity contribution is 7.92. The topological polar surface area (TPSA) is 105 Å². The Balaban J connectivity index is 2.03. The van der Waals surface area contributed by atoms with E-state index in [2.05, 4.69) is 15.8 Å². The van der Waals surface area contributed by atoms with Gasteiger partial charge in [-0.1, -0.05) is 48.5 Å². The molecule has 3 amide bonds. The summed E-state index contributed by atoms with van der Waals surface area (Å²) in [5.41, 5.74) is 3.78. The van der Waals surface area contributed by atoms with Crippen molar-refractivity contribution in [1.82, 2.24) is 10.7 Å². The van der Waals surface area contributed by atoms with Crippen molar-refractivity contribution in [3.8, 4) is 0 Å². The molecule has 0 spiro atoms. The van der Waals surface area contributed by atoms with Crippen LogP contribution in [0.2, 0.25) is 0 Å². The van der Waals surface area contributed by atoms with E-state index in [4.69, 9.17) is 0 Å². The van der Waals surface area contributed by atoms with Crippen LogP contribution in [0.5, 0.6) is 0 Å². The van der Waals surface area contributed by atoms with Crippen molar-refractivity contribution in [1.29, 1.82) is 0 Å². The predicted molar refractivity (Wildman–Crippen MR) is 96.3 cm³/mol. The zero-order valence-corrected chi connectivity index (χ0v) is 14.8. The molecule has 0 saturated heterocycles. The van der Waals surface area contributed by atoms with Crippen molar-refractivity contribution < 1.29 is 18.0 Å². The molecule has 134 valence electrons. The maximum absolute atomic E-state index is 13.0. The normalized spacial score (nSPS) is 19.4. The number of carbonyl (C=O) groups is 2. The van der Waals surface area contributed by atoms with Crippen molar-refractivity contribution in [3.63, 3.8) is 0 Å². The predicted octanol–water partition coefficient (Wildman–Crippen LogP) is 2.16. The number of fused-ring (bicyclic) bond motifs is 1. The van der Waals surface area contributed by atoms with Crippen LogP contribution in [0.1, 0.15) is 29.7 Å². The molecule has 1 atom stereocenters. The molecule has 2 aromatic rings. The smallest absolute Gasteiger partial charge is 0.277 e. The third-order valence-electron chi connectivity index (χ3n) is 4.01. The number of hydrogen-bond donors (Lipinski definition) is 2. The van der Waals surface area contributed by atoms with Gasteiger partial charge < -0.3 is 0 Å². The lowest BCUT2D eigenvalue weighted by Gasteiger charge is -2.26. The highest BCUT2D eigenvalue weighted by Crippen LogP contribution is 2.39. The van der Waals surface area contributed by atoms with Crippen molar-refractivity contribution in [2.75, 3.05) is 0 Å². The number of rotatable bonds is 2. The fourth-order valence-corrected chi connectivity index (χ4v) is 4.84. The quantitative estimate of drug-likeness (QED) is 0.789. The Morgan fingerprint density at radius 2 is 1.69 bits per heavy atom. The average Bonchev–Trinajstić information content (AvgIpc) is 2.61. The number of nitrogens with one attached hydrogen (secondary N) is 2. The Morgan fingerprint density at radius 1 is 1.04 bits per heavy atom. The van der Waals surface area contributed by atoms with Crippen LogP contribution >= 0.6 is 0 Å². The molecule has 0 radical (unpaired) electrons. The number of benzene rings is 2. The molecule has 0 saturated carbocycles. The molecule has 1 unspecified atom stereocenters. The molecule has 0 aromatic heterocycles. The molecule has 0 fully saturated rings. The summed E-state index contributed by atoms with van der Waals surface area (Å²) in [6.45, 7) is 1.21. The number of sulfone groups is 1. The van der Waals surface area contributed by atoms with E-state index in [9.17, 15) is 18.0 Å². The van der Waals surface area contributed by atoms with E-state index in [1.54, 1.807) is 42.5 Å². The highest BCUT2D eigenvalue weighted by atomic mass is 32.2. The second kappa shape index (κ2) is 7.09. The molecule has 0 bridgehead atoms. The molecule has 1 aliphatic rings. The lowest BCUT2D eigenvalue weighted by molar-refractivity contribution is -0.117. The van der Waals surface area contributed by atoms with Crippen LogP contribution < -0.4 is 10.7 Å². The molecule has 1 aliphatic heterocycles. The third-order valence-corrected chi connectivity index (χ3v) is 6.17. The van der Waals surface area contributed by atoms with E-state index in [1.165, 1.54) is 13.0 Å². The van der Waals surface area contributed by atoms with Crippen molar-refractivity contribution in [3.05, 3.63) is 65.7 Å². The molecule has 2 aromatic carbocycles. The molecule has 26 heavy (non-hydrogen) atoms. The van der Waals surface area contributed by atoms with Gasteiger partial charge in [-0.3, -0.25) is 10.1 Å². The van der Waals surface area contributed by atoms with Crippen LogP contribution in [0, 0.1) is 0 Å². The minimum absolute atomic E-state index is 0.115. The number of imide groups is 1. The molecule has 7 nitrogen and oxygen atoms in total. The van der Waals surface area contributed by atoms with Gasteiger partial charge in [-0.05, 0) is 11.6 Å². The van der Waals surface area contributed by atoms with Crippen molar-refractivity contribution in [2.24, 2.45) is 5.10 Å². The minimum atomic E-state index is -3.59. The second-order valence-corrected chi connectivity index (χ2v) is 7.92. The first-order valence-electron chi connectivity index (χ1n) is 7.92. The summed E-state index contributed by atoms with van der Waals surface area (Å²) >= 11 is 0. The third kappa shape index (κ3) is 3.50. The van der Waals surface area contributed by atoms with E-state index in [0.29, 0.717) is 16.8 Å². The summed E-state index contributed by atoms with van der Waals surface area (Å²) in [5, 5.41) is 5.31. The maximum Gasteiger partial charge on any atom is 0.341 e. The fourth-order valence-electron chi connectivity index (χ4n) is 2.88. The van der Waals surface area contributed by atoms with Crippen LogP contribution in [0.25, 0.3) is 0 Å². The lowest BCUT2D eigenvalue weighted by Crippen LogP contribution is -2.36. The van der Waals surface area contributed by atoms with Gasteiger partial charge in [-0.2, -0.15) is 5.10 Å². The van der Waals surface area contributed by atoms with Crippen LogP contribution in [-0.2, 0) is 14.6 Å². The SMILES string of the molecule is CC(=O)NC(=O)N/N=C1\CC(c2ccccc2)S(=O)(=O)c2ccccc21. The number of carbonyl (C=O) groups excluding carboxylic acids is 2. The number of hydrazone groups is 1. The van der Waals surface area contributed by atoms with Gasteiger partial charge in [0.05, 0.1) is 15.9 Å². The molecule has 0 aliphatic carbocycles. The van der Waals surface area contributed by atoms with Crippen LogP contribution in [0.15, 0.2) is 64.6 Å². The lowest BCUT2D eigenvalue weighted by atomic mass is 10.0. The minimum Gasteiger partial charge on any atom is -0.277 e.